The Balaban J connectivity index is 2.23. The van der Waals surface area contributed by atoms with E-state index in [4.69, 9.17) is 16.3 Å². The van der Waals surface area contributed by atoms with Gasteiger partial charge >= 0.3 is 0 Å². The summed E-state index contributed by atoms with van der Waals surface area (Å²) in [6, 6.07) is 14.6. The second-order valence-corrected chi connectivity index (χ2v) is 5.06. The van der Waals surface area contributed by atoms with Crippen molar-refractivity contribution in [3.8, 4) is 5.75 Å². The first kappa shape index (κ1) is 15.4. The number of halogens is 1. The summed E-state index contributed by atoms with van der Waals surface area (Å²) in [5, 5.41) is 3.46. The molecule has 0 spiro atoms. The summed E-state index contributed by atoms with van der Waals surface area (Å²) in [6.07, 6.45) is 0.760. The van der Waals surface area contributed by atoms with Gasteiger partial charge in [-0.3, -0.25) is 4.79 Å². The summed E-state index contributed by atoms with van der Waals surface area (Å²) in [5.41, 5.74) is 1.44. The fourth-order valence-electron chi connectivity index (χ4n) is 2.24. The second-order valence-electron chi connectivity index (χ2n) is 4.66. The summed E-state index contributed by atoms with van der Waals surface area (Å²) in [6.45, 7) is 2.02. The van der Waals surface area contributed by atoms with E-state index in [0.717, 1.165) is 17.7 Å². The van der Waals surface area contributed by atoms with Gasteiger partial charge in [0.05, 0.1) is 23.7 Å². The highest BCUT2D eigenvalue weighted by Crippen LogP contribution is 2.27. The van der Waals surface area contributed by atoms with E-state index < -0.39 is 0 Å². The van der Waals surface area contributed by atoms with Gasteiger partial charge in [0.2, 0.25) is 0 Å². The smallest absolute Gasteiger partial charge is 0.253 e. The highest BCUT2D eigenvalue weighted by Gasteiger charge is 2.18. The van der Waals surface area contributed by atoms with Crippen molar-refractivity contribution in [3.05, 3.63) is 64.7 Å². The van der Waals surface area contributed by atoms with Crippen LogP contribution in [0.4, 0.5) is 0 Å². The molecule has 1 N–H and O–H groups in total. The fraction of sp³-hybridized carbons (Fsp3) is 0.235. The number of methoxy groups -OCH3 is 1. The lowest BCUT2D eigenvalue weighted by Gasteiger charge is -2.20. The molecule has 0 unspecified atom stereocenters. The van der Waals surface area contributed by atoms with E-state index in [2.05, 4.69) is 5.32 Å². The number of rotatable bonds is 5. The minimum Gasteiger partial charge on any atom is -0.496 e. The van der Waals surface area contributed by atoms with E-state index in [1.165, 1.54) is 0 Å². The molecular weight excluding hydrogens is 286 g/mol. The normalized spacial score (nSPS) is 11.8. The summed E-state index contributed by atoms with van der Waals surface area (Å²) in [7, 11) is 1.63. The summed E-state index contributed by atoms with van der Waals surface area (Å²) in [5.74, 6) is 0.585. The molecule has 3 nitrogen and oxygen atoms in total. The SMILES string of the molecule is CC[C@H](NC(=O)c1ccccc1Cl)c1ccccc1OC. The zero-order valence-electron chi connectivity index (χ0n) is 12.1. The van der Waals surface area contributed by atoms with Crippen LogP contribution in [0.5, 0.6) is 5.75 Å². The van der Waals surface area contributed by atoms with Crippen LogP contribution in [-0.4, -0.2) is 13.0 Å². The van der Waals surface area contributed by atoms with Crippen LogP contribution in [0, 0.1) is 0 Å². The fourth-order valence-corrected chi connectivity index (χ4v) is 2.46. The van der Waals surface area contributed by atoms with Crippen LogP contribution >= 0.6 is 11.6 Å². The molecule has 0 aliphatic rings. The van der Waals surface area contributed by atoms with Gasteiger partial charge < -0.3 is 10.1 Å². The third-order valence-corrected chi connectivity index (χ3v) is 3.68. The molecule has 0 saturated heterocycles. The zero-order valence-corrected chi connectivity index (χ0v) is 12.9. The average Bonchev–Trinajstić information content (AvgIpc) is 2.52. The van der Waals surface area contributed by atoms with Gasteiger partial charge in [-0.05, 0) is 24.6 Å². The molecule has 0 fully saturated rings. The van der Waals surface area contributed by atoms with Crippen molar-refractivity contribution in [3.63, 3.8) is 0 Å². The van der Waals surface area contributed by atoms with Crippen LogP contribution in [0.1, 0.15) is 35.3 Å². The first-order valence-electron chi connectivity index (χ1n) is 6.85. The number of carbonyl (C=O) groups excluding carboxylic acids is 1. The number of para-hydroxylation sites is 1. The molecule has 4 heteroatoms. The first-order valence-corrected chi connectivity index (χ1v) is 7.23. The molecule has 0 aliphatic heterocycles. The van der Waals surface area contributed by atoms with Gasteiger partial charge in [-0.2, -0.15) is 0 Å². The lowest BCUT2D eigenvalue weighted by atomic mass is 10.0. The molecule has 0 heterocycles. The van der Waals surface area contributed by atoms with Gasteiger partial charge in [0.25, 0.3) is 5.91 Å². The number of carbonyl (C=O) groups is 1. The molecule has 0 saturated carbocycles. The van der Waals surface area contributed by atoms with E-state index in [1.54, 1.807) is 31.4 Å². The third-order valence-electron chi connectivity index (χ3n) is 3.35. The Hall–Kier alpha value is -2.00. The molecule has 21 heavy (non-hydrogen) atoms. The van der Waals surface area contributed by atoms with Gasteiger partial charge in [0, 0.05) is 5.56 Å². The average molecular weight is 304 g/mol. The number of nitrogens with one attached hydrogen (secondary N) is 1. The van der Waals surface area contributed by atoms with Crippen molar-refractivity contribution in [1.82, 2.24) is 5.32 Å². The van der Waals surface area contributed by atoms with Crippen molar-refractivity contribution >= 4 is 17.5 Å². The Morgan fingerprint density at radius 1 is 1.19 bits per heavy atom. The van der Waals surface area contributed by atoms with Crippen LogP contribution in [0.15, 0.2) is 48.5 Å². The summed E-state index contributed by atoms with van der Waals surface area (Å²) < 4.78 is 5.36. The van der Waals surface area contributed by atoms with Crippen molar-refractivity contribution in [2.24, 2.45) is 0 Å². The van der Waals surface area contributed by atoms with E-state index in [1.807, 2.05) is 31.2 Å². The van der Waals surface area contributed by atoms with Crippen molar-refractivity contribution in [2.75, 3.05) is 7.11 Å². The molecule has 2 rings (SSSR count). The number of amides is 1. The second kappa shape index (κ2) is 7.14. The standard InChI is InChI=1S/C17H18ClNO2/c1-3-15(13-9-5-7-11-16(13)21-2)19-17(20)12-8-4-6-10-14(12)18/h4-11,15H,3H2,1-2H3,(H,19,20)/t15-/m0/s1. The lowest BCUT2D eigenvalue weighted by molar-refractivity contribution is 0.0935. The van der Waals surface area contributed by atoms with Crippen LogP contribution in [0.2, 0.25) is 5.02 Å². The molecule has 1 amide bonds. The molecule has 0 bridgehead atoms. The Morgan fingerprint density at radius 3 is 2.52 bits per heavy atom. The van der Waals surface area contributed by atoms with Gasteiger partial charge in [-0.25, -0.2) is 0 Å². The Kier molecular flexibility index (Phi) is 5.23. The number of hydrogen-bond acceptors (Lipinski definition) is 2. The van der Waals surface area contributed by atoms with Crippen LogP contribution in [0.25, 0.3) is 0 Å². The van der Waals surface area contributed by atoms with Gasteiger partial charge in [-0.15, -0.1) is 0 Å². The maximum atomic E-state index is 12.4. The summed E-state index contributed by atoms with van der Waals surface area (Å²) >= 11 is 6.06. The quantitative estimate of drug-likeness (QED) is 0.897. The maximum Gasteiger partial charge on any atom is 0.253 e. The minimum atomic E-state index is -0.182. The number of benzene rings is 2. The lowest BCUT2D eigenvalue weighted by Crippen LogP contribution is -2.28. The largest absolute Gasteiger partial charge is 0.496 e. The van der Waals surface area contributed by atoms with Gasteiger partial charge in [-0.1, -0.05) is 48.9 Å². The van der Waals surface area contributed by atoms with Crippen LogP contribution in [-0.2, 0) is 0 Å². The van der Waals surface area contributed by atoms with Crippen LogP contribution < -0.4 is 10.1 Å². The molecule has 0 aromatic heterocycles. The topological polar surface area (TPSA) is 38.3 Å². The molecular formula is C17H18ClNO2. The van der Waals surface area contributed by atoms with Crippen molar-refractivity contribution in [2.45, 2.75) is 19.4 Å². The maximum absolute atomic E-state index is 12.4. The zero-order chi connectivity index (χ0) is 15.2. The third kappa shape index (κ3) is 3.56. The van der Waals surface area contributed by atoms with E-state index >= 15 is 0 Å². The van der Waals surface area contributed by atoms with Gasteiger partial charge in [0.1, 0.15) is 5.75 Å². The van der Waals surface area contributed by atoms with E-state index in [9.17, 15) is 4.79 Å². The van der Waals surface area contributed by atoms with Crippen molar-refractivity contribution < 1.29 is 9.53 Å². The first-order chi connectivity index (χ1) is 10.2. The highest BCUT2D eigenvalue weighted by molar-refractivity contribution is 6.33. The predicted octanol–water partition coefficient (Wildman–Crippen LogP) is 4.23. The molecule has 2 aromatic rings. The molecule has 1 atom stereocenters. The number of hydrogen-bond donors (Lipinski definition) is 1. The molecule has 0 aliphatic carbocycles. The Bertz CT molecular complexity index is 628. The monoisotopic (exact) mass is 303 g/mol. The van der Waals surface area contributed by atoms with Crippen LogP contribution in [0.3, 0.4) is 0 Å². The van der Waals surface area contributed by atoms with E-state index in [0.29, 0.717) is 10.6 Å². The van der Waals surface area contributed by atoms with Crippen molar-refractivity contribution in [1.29, 1.82) is 0 Å². The summed E-state index contributed by atoms with van der Waals surface area (Å²) in [4.78, 5) is 12.4. The highest BCUT2D eigenvalue weighted by atomic mass is 35.5. The Labute approximate surface area is 129 Å². The molecule has 0 radical (unpaired) electrons. The molecule has 110 valence electrons. The van der Waals surface area contributed by atoms with Gasteiger partial charge in [0.15, 0.2) is 0 Å². The Morgan fingerprint density at radius 2 is 1.86 bits per heavy atom. The minimum absolute atomic E-state index is 0.120. The molecule has 2 aromatic carbocycles. The number of ether oxygens (including phenoxy) is 1. The predicted molar refractivity (Wildman–Crippen MR) is 84.9 cm³/mol. The van der Waals surface area contributed by atoms with E-state index in [-0.39, 0.29) is 11.9 Å².